The molecule has 2 heterocycles. The Morgan fingerprint density at radius 3 is 2.68 bits per heavy atom. The van der Waals surface area contributed by atoms with Gasteiger partial charge in [-0.25, -0.2) is 4.98 Å². The highest BCUT2D eigenvalue weighted by atomic mass is 32.2. The molecule has 0 saturated carbocycles. The molecule has 0 atom stereocenters. The fourth-order valence-electron chi connectivity index (χ4n) is 3.32. The standard InChI is InChI=1S/C23H24N4O2S2/c1-14-11-15(2)22-19(12-14)31-23(25-22)27-20(13-16(3)26-27)24-21(28)9-10-30-18-7-5-17(29-4)6-8-18/h5-8,11-13H,9-10H2,1-4H3,(H,24,28). The number of hydrogen-bond donors (Lipinski definition) is 1. The first kappa shape index (κ1) is 21.4. The van der Waals surface area contributed by atoms with Crippen LogP contribution >= 0.6 is 23.1 Å². The number of thioether (sulfide) groups is 1. The summed E-state index contributed by atoms with van der Waals surface area (Å²) in [5, 5.41) is 8.31. The topological polar surface area (TPSA) is 69.0 Å². The highest BCUT2D eigenvalue weighted by Crippen LogP contribution is 2.30. The molecule has 0 radical (unpaired) electrons. The fraction of sp³-hybridized carbons (Fsp3) is 0.261. The number of benzene rings is 2. The molecule has 0 saturated heterocycles. The number of ether oxygens (including phenoxy) is 1. The summed E-state index contributed by atoms with van der Waals surface area (Å²) in [6.07, 6.45) is 0.402. The second kappa shape index (κ2) is 9.11. The molecule has 0 aliphatic carbocycles. The molecule has 31 heavy (non-hydrogen) atoms. The van der Waals surface area contributed by atoms with Gasteiger partial charge in [0, 0.05) is 23.1 Å². The molecule has 0 aliphatic heterocycles. The van der Waals surface area contributed by atoms with Crippen molar-refractivity contribution in [2.24, 2.45) is 0 Å². The van der Waals surface area contributed by atoms with Crippen LogP contribution in [0.1, 0.15) is 23.2 Å². The van der Waals surface area contributed by atoms with Gasteiger partial charge < -0.3 is 10.1 Å². The number of rotatable bonds is 7. The van der Waals surface area contributed by atoms with Crippen LogP contribution in [-0.4, -0.2) is 33.5 Å². The Morgan fingerprint density at radius 2 is 1.94 bits per heavy atom. The lowest BCUT2D eigenvalue weighted by Crippen LogP contribution is -2.15. The number of carbonyl (C=O) groups excluding carboxylic acids is 1. The largest absolute Gasteiger partial charge is 0.497 e. The van der Waals surface area contributed by atoms with E-state index in [1.165, 1.54) is 5.56 Å². The zero-order valence-corrected chi connectivity index (χ0v) is 19.6. The number of thiazole rings is 1. The van der Waals surface area contributed by atoms with Gasteiger partial charge in [0.15, 0.2) is 0 Å². The van der Waals surface area contributed by atoms with Crippen molar-refractivity contribution in [2.75, 3.05) is 18.2 Å². The lowest BCUT2D eigenvalue weighted by Gasteiger charge is -2.07. The number of methoxy groups -OCH3 is 1. The molecule has 2 aromatic heterocycles. The number of aryl methyl sites for hydroxylation is 3. The summed E-state index contributed by atoms with van der Waals surface area (Å²) in [6, 6.07) is 14.0. The van der Waals surface area contributed by atoms with E-state index in [0.29, 0.717) is 18.0 Å². The van der Waals surface area contributed by atoms with Gasteiger partial charge in [-0.1, -0.05) is 17.4 Å². The zero-order valence-electron chi connectivity index (χ0n) is 17.9. The first-order chi connectivity index (χ1) is 14.9. The average molecular weight is 453 g/mol. The van der Waals surface area contributed by atoms with Crippen molar-refractivity contribution in [1.82, 2.24) is 14.8 Å². The molecule has 4 rings (SSSR count). The Morgan fingerprint density at radius 1 is 1.16 bits per heavy atom. The van der Waals surface area contributed by atoms with Crippen LogP contribution in [0.5, 0.6) is 5.75 Å². The van der Waals surface area contributed by atoms with Crippen LogP contribution in [0.2, 0.25) is 0 Å². The number of aromatic nitrogens is 3. The molecule has 1 amide bonds. The van der Waals surface area contributed by atoms with Gasteiger partial charge in [-0.2, -0.15) is 9.78 Å². The minimum Gasteiger partial charge on any atom is -0.497 e. The maximum Gasteiger partial charge on any atom is 0.226 e. The molecular formula is C23H24N4O2S2. The maximum absolute atomic E-state index is 12.6. The third kappa shape index (κ3) is 4.91. The van der Waals surface area contributed by atoms with Crippen LogP contribution in [-0.2, 0) is 4.79 Å². The summed E-state index contributed by atoms with van der Waals surface area (Å²) in [5.74, 6) is 2.11. The van der Waals surface area contributed by atoms with Gasteiger partial charge >= 0.3 is 0 Å². The predicted molar refractivity (Wildman–Crippen MR) is 128 cm³/mol. The van der Waals surface area contributed by atoms with E-state index in [1.54, 1.807) is 34.9 Å². The Balaban J connectivity index is 1.44. The Hall–Kier alpha value is -2.84. The quantitative estimate of drug-likeness (QED) is 0.373. The number of anilines is 1. The van der Waals surface area contributed by atoms with E-state index < -0.39 is 0 Å². The lowest BCUT2D eigenvalue weighted by atomic mass is 10.1. The van der Waals surface area contributed by atoms with Crippen molar-refractivity contribution in [3.63, 3.8) is 0 Å². The van der Waals surface area contributed by atoms with Gasteiger partial charge in [0.25, 0.3) is 0 Å². The van der Waals surface area contributed by atoms with E-state index in [1.807, 2.05) is 37.3 Å². The van der Waals surface area contributed by atoms with Crippen LogP contribution < -0.4 is 10.1 Å². The van der Waals surface area contributed by atoms with Gasteiger partial charge in [0.05, 0.1) is 23.0 Å². The van der Waals surface area contributed by atoms with Crippen molar-refractivity contribution in [1.29, 1.82) is 0 Å². The van der Waals surface area contributed by atoms with Crippen LogP contribution in [0, 0.1) is 20.8 Å². The third-order valence-corrected chi connectivity index (χ3v) is 6.75. The van der Waals surface area contributed by atoms with E-state index in [0.717, 1.165) is 37.3 Å². The first-order valence-corrected chi connectivity index (χ1v) is 11.7. The summed E-state index contributed by atoms with van der Waals surface area (Å²) in [5.41, 5.74) is 4.16. The molecule has 0 aliphatic rings. The Bertz CT molecular complexity index is 1230. The molecule has 0 unspecified atom stereocenters. The smallest absolute Gasteiger partial charge is 0.226 e. The lowest BCUT2D eigenvalue weighted by molar-refractivity contribution is -0.115. The molecule has 0 spiro atoms. The monoisotopic (exact) mass is 452 g/mol. The molecule has 160 valence electrons. The van der Waals surface area contributed by atoms with Crippen LogP contribution in [0.25, 0.3) is 15.3 Å². The molecular weight excluding hydrogens is 428 g/mol. The van der Waals surface area contributed by atoms with Gasteiger partial charge in [-0.15, -0.1) is 11.8 Å². The fourth-order valence-corrected chi connectivity index (χ4v) is 5.28. The second-order valence-electron chi connectivity index (χ2n) is 7.33. The number of amides is 1. The molecule has 4 aromatic rings. The Kier molecular flexibility index (Phi) is 6.29. The summed E-state index contributed by atoms with van der Waals surface area (Å²) < 4.78 is 8.02. The molecule has 8 heteroatoms. The number of carbonyl (C=O) groups is 1. The van der Waals surface area contributed by atoms with Crippen molar-refractivity contribution >= 4 is 45.0 Å². The SMILES string of the molecule is COc1ccc(SCCC(=O)Nc2cc(C)nn2-c2nc3c(C)cc(C)cc3s2)cc1. The normalized spacial score (nSPS) is 11.1. The van der Waals surface area contributed by atoms with Crippen molar-refractivity contribution in [3.05, 3.63) is 59.3 Å². The molecule has 6 nitrogen and oxygen atoms in total. The highest BCUT2D eigenvalue weighted by Gasteiger charge is 2.15. The number of nitrogens with zero attached hydrogens (tertiary/aromatic N) is 3. The molecule has 0 fully saturated rings. The van der Waals surface area contributed by atoms with Crippen molar-refractivity contribution in [3.8, 4) is 10.9 Å². The van der Waals surface area contributed by atoms with E-state index in [4.69, 9.17) is 9.72 Å². The number of nitrogens with one attached hydrogen (secondary N) is 1. The number of hydrogen-bond acceptors (Lipinski definition) is 6. The highest BCUT2D eigenvalue weighted by molar-refractivity contribution is 7.99. The van der Waals surface area contributed by atoms with Crippen LogP contribution in [0.3, 0.4) is 0 Å². The van der Waals surface area contributed by atoms with Crippen molar-refractivity contribution < 1.29 is 9.53 Å². The van der Waals surface area contributed by atoms with Gasteiger partial charge in [0.2, 0.25) is 11.0 Å². The van der Waals surface area contributed by atoms with Gasteiger partial charge in [-0.3, -0.25) is 4.79 Å². The van der Waals surface area contributed by atoms with Crippen LogP contribution in [0.15, 0.2) is 47.4 Å². The van der Waals surface area contributed by atoms with E-state index in [9.17, 15) is 4.79 Å². The van der Waals surface area contributed by atoms with E-state index in [2.05, 4.69) is 36.4 Å². The molecule has 0 bridgehead atoms. The first-order valence-electron chi connectivity index (χ1n) is 9.94. The predicted octanol–water partition coefficient (Wildman–Crippen LogP) is 5.54. The maximum atomic E-state index is 12.6. The average Bonchev–Trinajstić information content (AvgIpc) is 3.31. The zero-order chi connectivity index (χ0) is 22.0. The summed E-state index contributed by atoms with van der Waals surface area (Å²) >= 11 is 3.22. The summed E-state index contributed by atoms with van der Waals surface area (Å²) in [4.78, 5) is 18.4. The second-order valence-corrected chi connectivity index (χ2v) is 9.51. The third-order valence-electron chi connectivity index (χ3n) is 4.76. The van der Waals surface area contributed by atoms with E-state index in [-0.39, 0.29) is 5.91 Å². The minimum absolute atomic E-state index is 0.0460. The summed E-state index contributed by atoms with van der Waals surface area (Å²) in [7, 11) is 1.65. The van der Waals surface area contributed by atoms with Gasteiger partial charge in [0.1, 0.15) is 11.6 Å². The summed E-state index contributed by atoms with van der Waals surface area (Å²) in [6.45, 7) is 6.06. The van der Waals surface area contributed by atoms with Crippen molar-refractivity contribution in [2.45, 2.75) is 32.1 Å². The van der Waals surface area contributed by atoms with E-state index >= 15 is 0 Å². The van der Waals surface area contributed by atoms with Gasteiger partial charge in [-0.05, 0) is 62.2 Å². The molecule has 1 N–H and O–H groups in total. The number of fused-ring (bicyclic) bond motifs is 1. The minimum atomic E-state index is -0.0460. The van der Waals surface area contributed by atoms with Crippen LogP contribution in [0.4, 0.5) is 5.82 Å². The molecule has 2 aromatic carbocycles. The Labute approximate surface area is 189 Å².